The van der Waals surface area contributed by atoms with E-state index in [2.05, 4.69) is 64.7 Å². The molecule has 0 amide bonds. The Bertz CT molecular complexity index is 431. The monoisotopic (exact) mass is 307 g/mol. The van der Waals surface area contributed by atoms with Crippen LogP contribution in [0.3, 0.4) is 0 Å². The molecule has 1 unspecified atom stereocenters. The number of hydrogen-bond acceptors (Lipinski definition) is 2. The van der Waals surface area contributed by atoms with Crippen molar-refractivity contribution in [3.63, 3.8) is 0 Å². The van der Waals surface area contributed by atoms with Crippen molar-refractivity contribution >= 4 is 30.6 Å². The molecule has 0 aromatic heterocycles. The lowest BCUT2D eigenvalue weighted by Crippen LogP contribution is -2.20. The molecule has 1 atom stereocenters. The van der Waals surface area contributed by atoms with Gasteiger partial charge >= 0.3 is 0 Å². The van der Waals surface area contributed by atoms with E-state index in [9.17, 15) is 0 Å². The lowest BCUT2D eigenvalue weighted by molar-refractivity contribution is 0.910. The Labute approximate surface area is 130 Å². The zero-order chi connectivity index (χ0) is 15.2. The molecule has 0 saturated heterocycles. The summed E-state index contributed by atoms with van der Waals surface area (Å²) in [5.41, 5.74) is 2.39. The van der Waals surface area contributed by atoms with Crippen LogP contribution >= 0.6 is 11.8 Å². The number of aliphatic imine (C=N–C) groups is 1. The fourth-order valence-electron chi connectivity index (χ4n) is 1.70. The van der Waals surface area contributed by atoms with Crippen molar-refractivity contribution < 1.29 is 0 Å². The van der Waals surface area contributed by atoms with Gasteiger partial charge in [-0.2, -0.15) is 0 Å². The fraction of sp³-hybridized carbons (Fsp3) is 0.588. The van der Waals surface area contributed by atoms with E-state index in [1.54, 1.807) is 0 Å². The van der Waals surface area contributed by atoms with Gasteiger partial charge in [-0.05, 0) is 31.9 Å². The first-order chi connectivity index (χ1) is 9.30. The maximum absolute atomic E-state index is 4.89. The van der Waals surface area contributed by atoms with Gasteiger partial charge in [0.05, 0.1) is 10.7 Å². The van der Waals surface area contributed by atoms with Crippen LogP contribution in [-0.4, -0.2) is 18.4 Å². The molecular formula is C17H29NSSi. The van der Waals surface area contributed by atoms with Crippen molar-refractivity contribution in [2.24, 2.45) is 4.99 Å². The molecule has 3 heteroatoms. The second kappa shape index (κ2) is 8.04. The van der Waals surface area contributed by atoms with Crippen LogP contribution < -0.4 is 0 Å². The highest BCUT2D eigenvalue weighted by Gasteiger charge is 2.15. The number of aryl methyl sites for hydroxylation is 1. The van der Waals surface area contributed by atoms with E-state index in [4.69, 9.17) is 4.99 Å². The molecule has 0 N–H and O–H groups in total. The van der Waals surface area contributed by atoms with Gasteiger partial charge in [0.25, 0.3) is 0 Å². The zero-order valence-corrected chi connectivity index (χ0v) is 15.7. The second-order valence-electron chi connectivity index (χ2n) is 6.74. The summed E-state index contributed by atoms with van der Waals surface area (Å²) in [7, 11) is -1.00. The topological polar surface area (TPSA) is 12.4 Å². The fourth-order valence-corrected chi connectivity index (χ4v) is 3.88. The summed E-state index contributed by atoms with van der Waals surface area (Å²) < 4.78 is 0. The molecule has 0 spiro atoms. The third-order valence-electron chi connectivity index (χ3n) is 3.29. The molecule has 0 aliphatic rings. The normalized spacial score (nSPS) is 14.4. The van der Waals surface area contributed by atoms with Crippen molar-refractivity contribution in [3.8, 4) is 0 Å². The van der Waals surface area contributed by atoms with Crippen molar-refractivity contribution in [3.05, 3.63) is 29.8 Å². The van der Waals surface area contributed by atoms with E-state index >= 15 is 0 Å². The highest BCUT2D eigenvalue weighted by Crippen LogP contribution is 2.25. The van der Waals surface area contributed by atoms with Crippen LogP contribution in [0.1, 0.15) is 32.3 Å². The lowest BCUT2D eigenvalue weighted by atomic mass is 10.2. The molecule has 0 heterocycles. The summed E-state index contributed by atoms with van der Waals surface area (Å²) in [5.74, 6) is 0. The number of hydrogen-bond donors (Lipinski definition) is 0. The first-order valence-electron chi connectivity index (χ1n) is 7.61. The second-order valence-corrected chi connectivity index (χ2v) is 13.9. The molecule has 0 aliphatic heterocycles. The van der Waals surface area contributed by atoms with Crippen LogP contribution in [0.5, 0.6) is 0 Å². The minimum absolute atomic E-state index is 0.654. The highest BCUT2D eigenvalue weighted by atomic mass is 32.2. The quantitative estimate of drug-likeness (QED) is 0.342. The van der Waals surface area contributed by atoms with Gasteiger partial charge in [-0.15, -0.1) is 11.8 Å². The van der Waals surface area contributed by atoms with Gasteiger partial charge in [-0.1, -0.05) is 57.2 Å². The van der Waals surface area contributed by atoms with Crippen LogP contribution in [-0.2, 0) is 0 Å². The maximum Gasteiger partial charge on any atom is 0.0738 e. The number of benzene rings is 1. The van der Waals surface area contributed by atoms with Gasteiger partial charge in [-0.3, -0.25) is 0 Å². The van der Waals surface area contributed by atoms with Gasteiger partial charge < -0.3 is 0 Å². The van der Waals surface area contributed by atoms with Crippen molar-refractivity contribution in [2.75, 3.05) is 0 Å². The summed E-state index contributed by atoms with van der Waals surface area (Å²) in [6.45, 7) is 14.0. The molecule has 1 nitrogen and oxygen atoms in total. The molecule has 1 aromatic rings. The van der Waals surface area contributed by atoms with Gasteiger partial charge in [0, 0.05) is 13.3 Å². The Balaban J connectivity index is 2.82. The summed E-state index contributed by atoms with van der Waals surface area (Å²) in [4.78, 5) is 4.89. The molecule has 112 valence electrons. The largest absolute Gasteiger partial charge is 0.247 e. The van der Waals surface area contributed by atoms with Crippen molar-refractivity contribution in [1.82, 2.24) is 0 Å². The summed E-state index contributed by atoms with van der Waals surface area (Å²) in [6, 6.07) is 9.86. The molecule has 0 aliphatic carbocycles. The van der Waals surface area contributed by atoms with Crippen LogP contribution in [0, 0.1) is 6.92 Å². The predicted octanol–water partition coefficient (Wildman–Crippen LogP) is 6.29. The van der Waals surface area contributed by atoms with Gasteiger partial charge in [0.15, 0.2) is 0 Å². The first-order valence-corrected chi connectivity index (χ1v) is 12.2. The number of rotatable bonds is 6. The van der Waals surface area contributed by atoms with Crippen LogP contribution in [0.15, 0.2) is 29.3 Å². The lowest BCUT2D eigenvalue weighted by Gasteiger charge is -2.17. The number of thioether (sulfide) groups is 1. The maximum atomic E-state index is 4.89. The van der Waals surface area contributed by atoms with E-state index in [0.717, 1.165) is 12.1 Å². The molecule has 0 fully saturated rings. The van der Waals surface area contributed by atoms with Gasteiger partial charge in [0.2, 0.25) is 0 Å². The Morgan fingerprint density at radius 1 is 1.20 bits per heavy atom. The summed E-state index contributed by atoms with van der Waals surface area (Å²) in [6.07, 6.45) is 2.34. The van der Waals surface area contributed by atoms with E-state index in [-0.39, 0.29) is 0 Å². The van der Waals surface area contributed by atoms with E-state index in [0.29, 0.717) is 5.25 Å². The molecular weight excluding hydrogens is 278 g/mol. The Kier molecular flexibility index (Phi) is 7.03. The zero-order valence-electron chi connectivity index (χ0n) is 13.9. The Morgan fingerprint density at radius 3 is 2.30 bits per heavy atom. The average molecular weight is 308 g/mol. The average Bonchev–Trinajstić information content (AvgIpc) is 2.37. The standard InChI is InChI=1S/C17H29NSSi/c1-7-15(3)19-17(12-13-20(4,5)6)18-16-10-8-14(2)9-11-16/h8-11,15H,7,12-13H2,1-6H3. The van der Waals surface area contributed by atoms with Crippen molar-refractivity contribution in [2.45, 2.75) is 64.5 Å². The minimum atomic E-state index is -1.00. The smallest absolute Gasteiger partial charge is 0.0738 e. The summed E-state index contributed by atoms with van der Waals surface area (Å²) >= 11 is 1.96. The van der Waals surface area contributed by atoms with Crippen LogP contribution in [0.4, 0.5) is 5.69 Å². The molecule has 1 aromatic carbocycles. The summed E-state index contributed by atoms with van der Waals surface area (Å²) in [5, 5.41) is 1.96. The Morgan fingerprint density at radius 2 is 1.80 bits per heavy atom. The SMILES string of the molecule is CCC(C)SC(CC[Si](C)(C)C)=Nc1ccc(C)cc1. The molecule has 20 heavy (non-hydrogen) atoms. The molecule has 0 saturated carbocycles. The van der Waals surface area contributed by atoms with E-state index in [1.165, 1.54) is 23.1 Å². The highest BCUT2D eigenvalue weighted by molar-refractivity contribution is 8.14. The van der Waals surface area contributed by atoms with Crippen LogP contribution in [0.25, 0.3) is 0 Å². The van der Waals surface area contributed by atoms with Gasteiger partial charge in [0.1, 0.15) is 0 Å². The Hall–Kier alpha value is -0.543. The minimum Gasteiger partial charge on any atom is -0.247 e. The van der Waals surface area contributed by atoms with E-state index < -0.39 is 8.07 Å². The number of nitrogens with zero attached hydrogens (tertiary/aromatic N) is 1. The van der Waals surface area contributed by atoms with E-state index in [1.807, 2.05) is 11.8 Å². The van der Waals surface area contributed by atoms with Gasteiger partial charge in [-0.25, -0.2) is 4.99 Å². The molecule has 0 radical (unpaired) electrons. The third-order valence-corrected chi connectivity index (χ3v) is 6.34. The van der Waals surface area contributed by atoms with Crippen molar-refractivity contribution in [1.29, 1.82) is 0 Å². The molecule has 0 bridgehead atoms. The first kappa shape index (κ1) is 17.5. The third kappa shape index (κ3) is 7.30. The van der Waals surface area contributed by atoms with Crippen LogP contribution in [0.2, 0.25) is 25.7 Å². The molecule has 1 rings (SSSR count). The predicted molar refractivity (Wildman–Crippen MR) is 98.4 cm³/mol.